The van der Waals surface area contributed by atoms with Crippen molar-refractivity contribution in [1.82, 2.24) is 29.3 Å². The zero-order valence-corrected chi connectivity index (χ0v) is 15.0. The van der Waals surface area contributed by atoms with Gasteiger partial charge in [-0.2, -0.15) is 13.2 Å². The summed E-state index contributed by atoms with van der Waals surface area (Å²) in [7, 11) is 0. The molecule has 4 aromatic heterocycles. The monoisotopic (exact) mass is 398 g/mol. The predicted octanol–water partition coefficient (Wildman–Crippen LogP) is 3.16. The highest BCUT2D eigenvalue weighted by atomic mass is 19.4. The molecule has 4 heterocycles. The maximum absolute atomic E-state index is 12.7. The molecular weight excluding hydrogens is 383 g/mol. The van der Waals surface area contributed by atoms with Gasteiger partial charge in [-0.25, -0.2) is 9.55 Å². The van der Waals surface area contributed by atoms with Crippen LogP contribution in [0.4, 0.5) is 13.2 Å². The summed E-state index contributed by atoms with van der Waals surface area (Å²) in [6.07, 6.45) is 5.07. The van der Waals surface area contributed by atoms with E-state index in [1.807, 2.05) is 22.8 Å². The van der Waals surface area contributed by atoms with Crippen LogP contribution in [0.3, 0.4) is 0 Å². The maximum Gasteiger partial charge on any atom is 0.434 e. The maximum atomic E-state index is 12.7. The molecule has 0 atom stereocenters. The zero-order valence-electron chi connectivity index (χ0n) is 15.0. The van der Waals surface area contributed by atoms with E-state index in [1.165, 1.54) is 4.57 Å². The molecule has 0 amide bonds. The molecule has 0 bridgehead atoms. The third-order valence-corrected chi connectivity index (χ3v) is 4.72. The van der Waals surface area contributed by atoms with Crippen molar-refractivity contribution >= 4 is 0 Å². The third kappa shape index (κ3) is 3.37. The van der Waals surface area contributed by atoms with Gasteiger partial charge < -0.3 is 9.13 Å². The van der Waals surface area contributed by atoms with Crippen molar-refractivity contribution in [3.63, 3.8) is 0 Å². The van der Waals surface area contributed by atoms with Crippen molar-refractivity contribution in [2.75, 3.05) is 0 Å². The Morgan fingerprint density at radius 1 is 1.03 bits per heavy atom. The average molecular weight is 398 g/mol. The van der Waals surface area contributed by atoms with Crippen LogP contribution >= 0.6 is 0 Å². The Hall–Kier alpha value is -3.56. The predicted molar refractivity (Wildman–Crippen MR) is 95.2 cm³/mol. The van der Waals surface area contributed by atoms with Crippen molar-refractivity contribution in [3.05, 3.63) is 67.3 Å². The quantitative estimate of drug-likeness (QED) is 0.496. The highest BCUT2D eigenvalue weighted by molar-refractivity contribution is 5.50. The fourth-order valence-corrected chi connectivity index (χ4v) is 3.09. The Labute approximate surface area is 163 Å². The van der Waals surface area contributed by atoms with E-state index in [0.29, 0.717) is 23.2 Å². The molecule has 5 rings (SSSR count). The van der Waals surface area contributed by atoms with E-state index in [1.54, 1.807) is 35.4 Å². The Bertz CT molecular complexity index is 1160. The second kappa shape index (κ2) is 6.50. The van der Waals surface area contributed by atoms with Crippen molar-refractivity contribution in [1.29, 1.82) is 0 Å². The van der Waals surface area contributed by atoms with Gasteiger partial charge in [0.1, 0.15) is 6.33 Å². The summed E-state index contributed by atoms with van der Waals surface area (Å²) in [6.45, 7) is 0. The van der Waals surface area contributed by atoms with Gasteiger partial charge in [-0.15, -0.1) is 10.2 Å². The summed E-state index contributed by atoms with van der Waals surface area (Å²) in [5.74, 6) is 1.39. The number of nitrogens with zero attached hydrogens (tertiary/aromatic N) is 7. The summed E-state index contributed by atoms with van der Waals surface area (Å²) in [5.41, 5.74) is 0.352. The van der Waals surface area contributed by atoms with Crippen molar-refractivity contribution in [2.45, 2.75) is 25.1 Å². The number of imidazole rings is 1. The van der Waals surface area contributed by atoms with E-state index in [-0.39, 0.29) is 0 Å². The first-order valence-corrected chi connectivity index (χ1v) is 8.99. The number of hydrogen-bond donors (Lipinski definition) is 0. The molecule has 1 fully saturated rings. The van der Waals surface area contributed by atoms with Crippen LogP contribution in [0, 0.1) is 0 Å². The van der Waals surface area contributed by atoms with E-state index in [4.69, 9.17) is 0 Å². The van der Waals surface area contributed by atoms with Crippen LogP contribution in [0.25, 0.3) is 23.0 Å². The van der Waals surface area contributed by atoms with Gasteiger partial charge >= 0.3 is 12.0 Å². The molecule has 1 saturated carbocycles. The molecule has 0 aliphatic heterocycles. The Morgan fingerprint density at radius 3 is 2.52 bits per heavy atom. The molecule has 4 aromatic rings. The minimum atomic E-state index is -4.47. The molecule has 0 N–H and O–H groups in total. The summed E-state index contributed by atoms with van der Waals surface area (Å²) in [4.78, 5) is 8.08. The molecule has 1 aliphatic rings. The molecule has 7 nitrogen and oxygen atoms in total. The lowest BCUT2D eigenvalue weighted by atomic mass is 10.3. The number of halogens is 3. The number of pyridine rings is 2. The van der Waals surface area contributed by atoms with Gasteiger partial charge in [0.05, 0.1) is 24.4 Å². The van der Waals surface area contributed by atoms with E-state index in [9.17, 15) is 13.2 Å². The minimum Gasteiger partial charge on any atom is -0.307 e. The molecule has 0 saturated heterocycles. The Kier molecular flexibility index (Phi) is 3.93. The standard InChI is InChI=1S/C19H15F3N7/c20-19(21,22)16-10-28(11-23-16)13-6-8-27(9-7-13)17-3-1-2-15(25-17)18-26-24-12-29(18)14-4-5-14/h1-3,6-12,14H,4-5H2/q+1. The van der Waals surface area contributed by atoms with Crippen molar-refractivity contribution in [2.24, 2.45) is 0 Å². The van der Waals surface area contributed by atoms with Crippen LogP contribution in [0.1, 0.15) is 24.6 Å². The molecule has 0 radical (unpaired) electrons. The van der Waals surface area contributed by atoms with Gasteiger partial charge in [0.2, 0.25) is 11.5 Å². The van der Waals surface area contributed by atoms with Crippen LogP contribution in [0.2, 0.25) is 0 Å². The van der Waals surface area contributed by atoms with Crippen LogP contribution in [-0.4, -0.2) is 29.3 Å². The van der Waals surface area contributed by atoms with E-state index < -0.39 is 11.9 Å². The van der Waals surface area contributed by atoms with Gasteiger partial charge in [-0.1, -0.05) is 0 Å². The topological polar surface area (TPSA) is 65.3 Å². The summed E-state index contributed by atoms with van der Waals surface area (Å²) in [6, 6.07) is 9.45. The lowest BCUT2D eigenvalue weighted by molar-refractivity contribution is -0.599. The lowest BCUT2D eigenvalue weighted by Gasteiger charge is -2.04. The summed E-state index contributed by atoms with van der Waals surface area (Å²) in [5, 5.41) is 8.20. The Morgan fingerprint density at radius 2 is 1.83 bits per heavy atom. The van der Waals surface area contributed by atoms with Crippen LogP contribution in [0.15, 0.2) is 61.6 Å². The van der Waals surface area contributed by atoms with Gasteiger partial charge in [0, 0.05) is 30.4 Å². The average Bonchev–Trinajstić information content (AvgIpc) is 3.23. The molecule has 0 spiro atoms. The van der Waals surface area contributed by atoms with E-state index in [0.717, 1.165) is 31.2 Å². The second-order valence-electron chi connectivity index (χ2n) is 6.80. The fraction of sp³-hybridized carbons (Fsp3) is 0.211. The lowest BCUT2D eigenvalue weighted by Crippen LogP contribution is -2.31. The molecule has 1 aliphatic carbocycles. The molecule has 29 heavy (non-hydrogen) atoms. The first-order chi connectivity index (χ1) is 14.0. The highest BCUT2D eigenvalue weighted by Gasteiger charge is 2.33. The van der Waals surface area contributed by atoms with Gasteiger partial charge in [0.15, 0.2) is 5.69 Å². The zero-order chi connectivity index (χ0) is 20.0. The van der Waals surface area contributed by atoms with Gasteiger partial charge in [-0.05, 0) is 30.0 Å². The van der Waals surface area contributed by atoms with Crippen molar-refractivity contribution in [3.8, 4) is 23.0 Å². The van der Waals surface area contributed by atoms with Crippen molar-refractivity contribution < 1.29 is 17.7 Å². The first kappa shape index (κ1) is 17.5. The van der Waals surface area contributed by atoms with Crippen LogP contribution < -0.4 is 4.57 Å². The number of aromatic nitrogens is 7. The van der Waals surface area contributed by atoms with Crippen LogP contribution in [0.5, 0.6) is 0 Å². The Balaban J connectivity index is 1.43. The van der Waals surface area contributed by atoms with E-state index in [2.05, 4.69) is 20.2 Å². The fourth-order valence-electron chi connectivity index (χ4n) is 3.09. The number of alkyl halides is 3. The second-order valence-corrected chi connectivity index (χ2v) is 6.80. The normalized spacial score (nSPS) is 14.3. The molecule has 0 unspecified atom stereocenters. The number of hydrogen-bond acceptors (Lipinski definition) is 4. The van der Waals surface area contributed by atoms with Gasteiger partial charge in [0.25, 0.3) is 0 Å². The highest BCUT2D eigenvalue weighted by Crippen LogP contribution is 2.37. The summed E-state index contributed by atoms with van der Waals surface area (Å²) >= 11 is 0. The minimum absolute atomic E-state index is 0.439. The van der Waals surface area contributed by atoms with Crippen LogP contribution in [-0.2, 0) is 6.18 Å². The summed E-state index contributed by atoms with van der Waals surface area (Å²) < 4.78 is 43.4. The molecule has 10 heteroatoms. The molecule has 146 valence electrons. The molecular formula is C19H15F3N7+. The smallest absolute Gasteiger partial charge is 0.307 e. The number of rotatable bonds is 4. The SMILES string of the molecule is FC(F)(F)c1cn(-c2cc[n+](-c3cccc(-c4nncn4C4CC4)n3)cc2)cn1. The van der Waals surface area contributed by atoms with E-state index >= 15 is 0 Å². The first-order valence-electron chi connectivity index (χ1n) is 8.99. The molecule has 0 aromatic carbocycles. The largest absolute Gasteiger partial charge is 0.434 e. The third-order valence-electron chi connectivity index (χ3n) is 4.72. The van der Waals surface area contributed by atoms with Gasteiger partial charge in [-0.3, -0.25) is 0 Å².